The summed E-state index contributed by atoms with van der Waals surface area (Å²) in [6.07, 6.45) is 1.78. The number of ether oxygens (including phenoxy) is 1. The molecule has 14 heteroatoms. The first-order valence-corrected chi connectivity index (χ1v) is 17.3. The number of halogens is 1. The van der Waals surface area contributed by atoms with Crippen molar-refractivity contribution in [3.05, 3.63) is 73.9 Å². The van der Waals surface area contributed by atoms with Crippen molar-refractivity contribution >= 4 is 38.7 Å². The summed E-state index contributed by atoms with van der Waals surface area (Å²) < 4.78 is 54.7. The molecular weight excluding hydrogens is 629 g/mol. The molecule has 0 radical (unpaired) electrons. The fraction of sp³-hybridized carbons (Fsp3) is 0.485. The Balaban J connectivity index is 1.23. The number of rotatable bonds is 7. The molecule has 1 atom stereocenters. The van der Waals surface area contributed by atoms with Crippen LogP contribution in [0.15, 0.2) is 33.5 Å². The molecule has 252 valence electrons. The Labute approximate surface area is 273 Å². The zero-order valence-corrected chi connectivity index (χ0v) is 27.9. The number of methoxy groups -OCH3 is 1. The van der Waals surface area contributed by atoms with Gasteiger partial charge in [0.15, 0.2) is 0 Å². The number of likely N-dealkylation sites (N-methyl/N-ethyl adjacent to an activating group) is 1. The Hall–Kier alpha value is -3.85. The fourth-order valence-electron chi connectivity index (χ4n) is 6.96. The second-order valence-electron chi connectivity index (χ2n) is 12.6. The summed E-state index contributed by atoms with van der Waals surface area (Å²) in [4.78, 5) is 45.5. The summed E-state index contributed by atoms with van der Waals surface area (Å²) in [5.41, 5.74) is 3.54. The van der Waals surface area contributed by atoms with E-state index in [9.17, 15) is 22.8 Å². The van der Waals surface area contributed by atoms with Gasteiger partial charge in [-0.15, -0.1) is 0 Å². The molecule has 0 spiro atoms. The molecule has 6 rings (SSSR count). The monoisotopic (exact) mass is 669 g/mol. The second-order valence-corrected chi connectivity index (χ2v) is 14.3. The summed E-state index contributed by atoms with van der Waals surface area (Å²) in [6.45, 7) is 7.86. The van der Waals surface area contributed by atoms with E-state index in [1.807, 2.05) is 18.6 Å². The fourth-order valence-corrected chi connectivity index (χ4v) is 8.18. The molecule has 2 amide bonds. The van der Waals surface area contributed by atoms with Crippen LogP contribution in [0.5, 0.6) is 0 Å². The minimum absolute atomic E-state index is 0.0560. The van der Waals surface area contributed by atoms with Gasteiger partial charge in [0.25, 0.3) is 11.8 Å². The Morgan fingerprint density at radius 1 is 1.06 bits per heavy atom. The minimum atomic E-state index is -4.04. The van der Waals surface area contributed by atoms with Crippen molar-refractivity contribution in [1.82, 2.24) is 18.8 Å². The number of hydrogen-bond donors (Lipinski definition) is 1. The number of benzene rings is 2. The number of piperazine rings is 1. The zero-order valence-electron chi connectivity index (χ0n) is 27.1. The molecule has 3 aliphatic heterocycles. The molecule has 2 fully saturated rings. The number of nitrogens with one attached hydrogen (secondary N) is 1. The molecule has 3 aliphatic rings. The number of nitrogens with zero attached hydrogens (tertiary/aromatic N) is 4. The molecule has 12 nitrogen and oxygen atoms in total. The van der Waals surface area contributed by atoms with Gasteiger partial charge in [0.1, 0.15) is 11.4 Å². The topological polar surface area (TPSA) is 133 Å². The van der Waals surface area contributed by atoms with E-state index in [4.69, 9.17) is 9.15 Å². The lowest BCUT2D eigenvalue weighted by Gasteiger charge is -2.41. The lowest BCUT2D eigenvalue weighted by atomic mass is 9.92. The third kappa shape index (κ3) is 6.26. The summed E-state index contributed by atoms with van der Waals surface area (Å²) >= 11 is 0. The van der Waals surface area contributed by atoms with Crippen molar-refractivity contribution in [3.63, 3.8) is 0 Å². The van der Waals surface area contributed by atoms with Crippen LogP contribution < -0.4 is 15.2 Å². The van der Waals surface area contributed by atoms with Crippen LogP contribution in [0, 0.1) is 19.7 Å². The predicted molar refractivity (Wildman–Crippen MR) is 175 cm³/mol. The number of fused-ring (bicyclic) bond motifs is 3. The Morgan fingerprint density at radius 2 is 1.81 bits per heavy atom. The van der Waals surface area contributed by atoms with Gasteiger partial charge in [-0.2, -0.15) is 12.7 Å². The molecule has 0 unspecified atom stereocenters. The SMILES string of the molecule is COC[C@H]1CN(c2cc(C)c3c4c(c(=O)oc3c2C)CN(C(=O)c2ccc(C(=O)NS(=O)(=O)N3CCCC3)cc2F)CC4)CCN1C. The van der Waals surface area contributed by atoms with Gasteiger partial charge in [-0.3, -0.25) is 14.5 Å². The lowest BCUT2D eigenvalue weighted by molar-refractivity contribution is 0.0727. The Kier molecular flexibility index (Phi) is 9.13. The molecular formula is C33H40FN5O7S. The van der Waals surface area contributed by atoms with Crippen LogP contribution in [-0.2, 0) is 27.9 Å². The summed E-state index contributed by atoms with van der Waals surface area (Å²) in [6, 6.07) is 5.60. The molecule has 0 saturated carbocycles. The van der Waals surface area contributed by atoms with Crippen molar-refractivity contribution in [3.8, 4) is 0 Å². The maximum atomic E-state index is 15.2. The van der Waals surface area contributed by atoms with E-state index in [1.54, 1.807) is 7.11 Å². The van der Waals surface area contributed by atoms with Crippen LogP contribution in [0.25, 0.3) is 11.0 Å². The molecule has 2 saturated heterocycles. The lowest BCUT2D eigenvalue weighted by Crippen LogP contribution is -2.53. The number of anilines is 1. The third-order valence-electron chi connectivity index (χ3n) is 9.64. The maximum Gasteiger partial charge on any atom is 0.341 e. The van der Waals surface area contributed by atoms with Gasteiger partial charge >= 0.3 is 15.8 Å². The highest BCUT2D eigenvalue weighted by Crippen LogP contribution is 2.36. The smallest absolute Gasteiger partial charge is 0.341 e. The van der Waals surface area contributed by atoms with Crippen molar-refractivity contribution in [2.45, 2.75) is 45.7 Å². The first kappa shape index (κ1) is 33.1. The summed E-state index contributed by atoms with van der Waals surface area (Å²) in [5, 5.41) is 0.862. The highest BCUT2D eigenvalue weighted by atomic mass is 32.2. The highest BCUT2D eigenvalue weighted by molar-refractivity contribution is 7.87. The quantitative estimate of drug-likeness (QED) is 0.377. The average molecular weight is 670 g/mol. The van der Waals surface area contributed by atoms with E-state index in [-0.39, 0.29) is 30.3 Å². The van der Waals surface area contributed by atoms with E-state index in [0.717, 1.165) is 59.5 Å². The molecule has 4 heterocycles. The zero-order chi connectivity index (χ0) is 33.6. The standard InChI is InChI=1S/C33H40FN5O7S/c1-20-15-28(37-14-13-36(3)23(17-37)19-45-4)21(2)30-29(20)24-9-12-38(18-26(24)33(42)46-30)32(41)25-8-7-22(16-27(25)34)31(40)35-47(43,44)39-10-5-6-11-39/h7-8,15-16,23H,5-6,9-14,17-19H2,1-4H3,(H,35,40)/t23-/m1/s1. The molecule has 47 heavy (non-hydrogen) atoms. The van der Waals surface area contributed by atoms with Gasteiger partial charge in [0.2, 0.25) is 0 Å². The van der Waals surface area contributed by atoms with Gasteiger partial charge in [-0.1, -0.05) is 0 Å². The maximum absolute atomic E-state index is 15.2. The van der Waals surface area contributed by atoms with Crippen LogP contribution in [0.1, 0.15) is 55.8 Å². The number of aryl methyl sites for hydroxylation is 2. The van der Waals surface area contributed by atoms with Crippen LogP contribution in [0.2, 0.25) is 0 Å². The van der Waals surface area contributed by atoms with Gasteiger partial charge in [-0.05, 0) is 75.5 Å². The third-order valence-corrected chi connectivity index (χ3v) is 11.1. The van der Waals surface area contributed by atoms with E-state index >= 15 is 4.39 Å². The van der Waals surface area contributed by atoms with Gasteiger partial charge in [0.05, 0.1) is 30.3 Å². The van der Waals surface area contributed by atoms with Crippen molar-refractivity contribution < 1.29 is 31.6 Å². The summed E-state index contributed by atoms with van der Waals surface area (Å²) in [7, 11) is -0.255. The van der Waals surface area contributed by atoms with Gasteiger partial charge in [0, 0.05) is 68.6 Å². The molecule has 1 aromatic heterocycles. The van der Waals surface area contributed by atoms with Crippen LogP contribution in [-0.4, -0.2) is 100 Å². The Bertz CT molecular complexity index is 1910. The van der Waals surface area contributed by atoms with Gasteiger partial charge < -0.3 is 19.0 Å². The highest BCUT2D eigenvalue weighted by Gasteiger charge is 2.32. The van der Waals surface area contributed by atoms with Crippen LogP contribution in [0.3, 0.4) is 0 Å². The van der Waals surface area contributed by atoms with E-state index in [0.29, 0.717) is 50.1 Å². The predicted octanol–water partition coefficient (Wildman–Crippen LogP) is 2.58. The number of carbonyl (C=O) groups is 2. The first-order chi connectivity index (χ1) is 22.4. The van der Waals surface area contributed by atoms with Crippen molar-refractivity contribution in [2.24, 2.45) is 0 Å². The number of hydrogen-bond acceptors (Lipinski definition) is 9. The van der Waals surface area contributed by atoms with E-state index in [1.165, 1.54) is 15.3 Å². The van der Waals surface area contributed by atoms with Crippen molar-refractivity contribution in [2.75, 3.05) is 64.9 Å². The van der Waals surface area contributed by atoms with Crippen LogP contribution in [0.4, 0.5) is 10.1 Å². The first-order valence-electron chi connectivity index (χ1n) is 15.8. The molecule has 0 aliphatic carbocycles. The Morgan fingerprint density at radius 3 is 2.51 bits per heavy atom. The van der Waals surface area contributed by atoms with E-state index < -0.39 is 33.5 Å². The van der Waals surface area contributed by atoms with Gasteiger partial charge in [-0.25, -0.2) is 13.9 Å². The molecule has 3 aromatic rings. The minimum Gasteiger partial charge on any atom is -0.422 e. The second kappa shape index (κ2) is 13.0. The molecule has 1 N–H and O–H groups in total. The van der Waals surface area contributed by atoms with E-state index in [2.05, 4.69) is 22.9 Å². The largest absolute Gasteiger partial charge is 0.422 e. The molecule has 0 bridgehead atoms. The average Bonchev–Trinajstić information content (AvgIpc) is 3.60. The molecule has 2 aromatic carbocycles. The normalized spacial score (nSPS) is 19.3. The van der Waals surface area contributed by atoms with Crippen LogP contribution >= 0.6 is 0 Å². The van der Waals surface area contributed by atoms with Crippen molar-refractivity contribution in [1.29, 1.82) is 0 Å². The number of amides is 2. The summed E-state index contributed by atoms with van der Waals surface area (Å²) in [5.74, 6) is -2.59. The number of carbonyl (C=O) groups excluding carboxylic acids is 2.